The minimum Gasteiger partial charge on any atom is -0.367 e. The molecule has 120 valence electrons. The van der Waals surface area contributed by atoms with Crippen molar-refractivity contribution in [3.05, 3.63) is 71.5 Å². The Bertz CT molecular complexity index is 842. The van der Waals surface area contributed by atoms with Gasteiger partial charge in [-0.05, 0) is 41.8 Å². The van der Waals surface area contributed by atoms with Crippen molar-refractivity contribution in [3.63, 3.8) is 0 Å². The van der Waals surface area contributed by atoms with E-state index in [2.05, 4.69) is 49.7 Å². The van der Waals surface area contributed by atoms with Crippen LogP contribution in [0.2, 0.25) is 0 Å². The standard InChI is InChI=1S/C18H17N5O/c24-17(21-18-19-12-20-22-18)14-5-7-16(8-6-14)23-10-9-13-3-1-2-4-15(13)11-23/h1-8,12H,9-11H2,(H2,19,20,21,22,24). The Labute approximate surface area is 139 Å². The largest absolute Gasteiger partial charge is 0.367 e. The average Bonchev–Trinajstić information content (AvgIpc) is 3.14. The lowest BCUT2D eigenvalue weighted by Gasteiger charge is -2.30. The van der Waals surface area contributed by atoms with Gasteiger partial charge in [0, 0.05) is 24.3 Å². The summed E-state index contributed by atoms with van der Waals surface area (Å²) < 4.78 is 0. The van der Waals surface area contributed by atoms with E-state index in [1.54, 1.807) is 0 Å². The monoisotopic (exact) mass is 319 g/mol. The van der Waals surface area contributed by atoms with E-state index in [1.165, 1.54) is 17.5 Å². The molecular formula is C18H17N5O. The van der Waals surface area contributed by atoms with Crippen molar-refractivity contribution in [2.24, 2.45) is 0 Å². The number of H-pyrrole nitrogens is 1. The van der Waals surface area contributed by atoms with Gasteiger partial charge in [-0.2, -0.15) is 10.1 Å². The van der Waals surface area contributed by atoms with Gasteiger partial charge in [0.1, 0.15) is 6.33 Å². The molecular weight excluding hydrogens is 302 g/mol. The number of benzene rings is 2. The van der Waals surface area contributed by atoms with Gasteiger partial charge in [-0.15, -0.1) is 0 Å². The van der Waals surface area contributed by atoms with Crippen LogP contribution in [-0.2, 0) is 13.0 Å². The van der Waals surface area contributed by atoms with Crippen molar-refractivity contribution in [2.45, 2.75) is 13.0 Å². The Morgan fingerprint density at radius 3 is 2.62 bits per heavy atom. The van der Waals surface area contributed by atoms with Crippen LogP contribution in [0.1, 0.15) is 21.5 Å². The minimum atomic E-state index is -0.206. The number of hydrogen-bond donors (Lipinski definition) is 2. The fourth-order valence-electron chi connectivity index (χ4n) is 2.99. The van der Waals surface area contributed by atoms with Gasteiger partial charge in [-0.1, -0.05) is 24.3 Å². The summed E-state index contributed by atoms with van der Waals surface area (Å²) in [5, 5.41) is 8.98. The molecule has 1 amide bonds. The van der Waals surface area contributed by atoms with Crippen molar-refractivity contribution in [3.8, 4) is 0 Å². The summed E-state index contributed by atoms with van der Waals surface area (Å²) >= 11 is 0. The average molecular weight is 319 g/mol. The predicted molar refractivity (Wildman–Crippen MR) is 92.0 cm³/mol. The molecule has 0 fully saturated rings. The van der Waals surface area contributed by atoms with Crippen molar-refractivity contribution >= 4 is 17.5 Å². The van der Waals surface area contributed by atoms with Crippen molar-refractivity contribution in [2.75, 3.05) is 16.8 Å². The third-order valence-corrected chi connectivity index (χ3v) is 4.27. The molecule has 0 spiro atoms. The number of aromatic nitrogens is 3. The van der Waals surface area contributed by atoms with Crippen LogP contribution in [-0.4, -0.2) is 27.6 Å². The van der Waals surface area contributed by atoms with Gasteiger partial charge in [0.05, 0.1) is 0 Å². The van der Waals surface area contributed by atoms with Gasteiger partial charge >= 0.3 is 0 Å². The molecule has 6 nitrogen and oxygen atoms in total. The first-order chi connectivity index (χ1) is 11.8. The summed E-state index contributed by atoms with van der Waals surface area (Å²) in [4.78, 5) is 18.4. The van der Waals surface area contributed by atoms with Gasteiger partial charge in [-0.25, -0.2) is 5.10 Å². The first-order valence-electron chi connectivity index (χ1n) is 7.88. The molecule has 0 unspecified atom stereocenters. The maximum absolute atomic E-state index is 12.2. The number of nitrogens with zero attached hydrogens (tertiary/aromatic N) is 3. The number of carbonyl (C=O) groups is 1. The molecule has 0 atom stereocenters. The van der Waals surface area contributed by atoms with Crippen LogP contribution in [0, 0.1) is 0 Å². The Morgan fingerprint density at radius 1 is 1.08 bits per heavy atom. The maximum atomic E-state index is 12.2. The zero-order valence-electron chi connectivity index (χ0n) is 13.1. The first kappa shape index (κ1) is 14.4. The normalized spacial score (nSPS) is 13.4. The van der Waals surface area contributed by atoms with E-state index in [0.717, 1.165) is 25.2 Å². The Balaban J connectivity index is 1.47. The van der Waals surface area contributed by atoms with Crippen LogP contribution in [0.25, 0.3) is 0 Å². The van der Waals surface area contributed by atoms with E-state index in [0.29, 0.717) is 11.5 Å². The van der Waals surface area contributed by atoms with Gasteiger partial charge in [0.2, 0.25) is 5.95 Å². The summed E-state index contributed by atoms with van der Waals surface area (Å²) in [6.07, 6.45) is 2.40. The quantitative estimate of drug-likeness (QED) is 0.778. The number of fused-ring (bicyclic) bond motifs is 1. The number of carbonyl (C=O) groups excluding carboxylic acids is 1. The Kier molecular flexibility index (Phi) is 3.70. The lowest BCUT2D eigenvalue weighted by molar-refractivity contribution is 0.102. The third kappa shape index (κ3) is 2.86. The molecule has 1 aliphatic rings. The molecule has 2 aromatic carbocycles. The van der Waals surface area contributed by atoms with Crippen LogP contribution in [0.5, 0.6) is 0 Å². The number of anilines is 2. The van der Waals surface area contributed by atoms with Crippen LogP contribution in [0.3, 0.4) is 0 Å². The minimum absolute atomic E-state index is 0.206. The topological polar surface area (TPSA) is 73.9 Å². The molecule has 0 aliphatic carbocycles. The molecule has 1 aliphatic heterocycles. The van der Waals surface area contributed by atoms with E-state index in [-0.39, 0.29) is 5.91 Å². The molecule has 0 bridgehead atoms. The number of aromatic amines is 1. The van der Waals surface area contributed by atoms with Crippen LogP contribution < -0.4 is 10.2 Å². The number of amides is 1. The molecule has 3 aromatic rings. The van der Waals surface area contributed by atoms with E-state index in [4.69, 9.17) is 0 Å². The summed E-state index contributed by atoms with van der Waals surface area (Å²) in [5.41, 5.74) is 4.51. The lowest BCUT2D eigenvalue weighted by atomic mass is 9.99. The highest BCUT2D eigenvalue weighted by atomic mass is 16.1. The highest BCUT2D eigenvalue weighted by Gasteiger charge is 2.16. The number of rotatable bonds is 3. The zero-order chi connectivity index (χ0) is 16.4. The van der Waals surface area contributed by atoms with Gasteiger partial charge in [0.25, 0.3) is 5.91 Å². The molecule has 0 saturated heterocycles. The fourth-order valence-corrected chi connectivity index (χ4v) is 2.99. The summed E-state index contributed by atoms with van der Waals surface area (Å²) in [6.45, 7) is 1.89. The van der Waals surface area contributed by atoms with E-state index >= 15 is 0 Å². The van der Waals surface area contributed by atoms with Crippen molar-refractivity contribution in [1.29, 1.82) is 0 Å². The second-order valence-electron chi connectivity index (χ2n) is 5.78. The predicted octanol–water partition coefficient (Wildman–Crippen LogP) is 2.62. The van der Waals surface area contributed by atoms with Crippen molar-refractivity contribution < 1.29 is 4.79 Å². The number of hydrogen-bond acceptors (Lipinski definition) is 4. The van der Waals surface area contributed by atoms with E-state index in [9.17, 15) is 4.79 Å². The highest BCUT2D eigenvalue weighted by Crippen LogP contribution is 2.24. The second kappa shape index (κ2) is 6.16. The molecule has 4 rings (SSSR count). The Hall–Kier alpha value is -3.15. The van der Waals surface area contributed by atoms with E-state index in [1.807, 2.05) is 24.3 Å². The SMILES string of the molecule is O=C(Nc1ncn[nH]1)c1ccc(N2CCc3ccccc3C2)cc1. The first-order valence-corrected chi connectivity index (χ1v) is 7.88. The van der Waals surface area contributed by atoms with Crippen LogP contribution in [0.15, 0.2) is 54.9 Å². The Morgan fingerprint density at radius 2 is 1.88 bits per heavy atom. The summed E-state index contributed by atoms with van der Waals surface area (Å²) in [7, 11) is 0. The summed E-state index contributed by atoms with van der Waals surface area (Å²) in [6, 6.07) is 16.2. The molecule has 0 radical (unpaired) electrons. The highest BCUT2D eigenvalue weighted by molar-refractivity contribution is 6.03. The van der Waals surface area contributed by atoms with E-state index < -0.39 is 0 Å². The van der Waals surface area contributed by atoms with Crippen molar-refractivity contribution in [1.82, 2.24) is 15.2 Å². The van der Waals surface area contributed by atoms with Gasteiger partial charge in [0.15, 0.2) is 0 Å². The molecule has 24 heavy (non-hydrogen) atoms. The molecule has 2 N–H and O–H groups in total. The van der Waals surface area contributed by atoms with Gasteiger partial charge in [-0.3, -0.25) is 10.1 Å². The van der Waals surface area contributed by atoms with Gasteiger partial charge < -0.3 is 4.90 Å². The molecule has 2 heterocycles. The fraction of sp³-hybridized carbons (Fsp3) is 0.167. The molecule has 1 aromatic heterocycles. The lowest BCUT2D eigenvalue weighted by Crippen LogP contribution is -2.30. The zero-order valence-corrected chi connectivity index (χ0v) is 13.1. The van der Waals surface area contributed by atoms with Crippen LogP contribution >= 0.6 is 0 Å². The third-order valence-electron chi connectivity index (χ3n) is 4.27. The maximum Gasteiger partial charge on any atom is 0.258 e. The smallest absolute Gasteiger partial charge is 0.258 e. The molecule has 0 saturated carbocycles. The molecule has 6 heteroatoms. The number of nitrogens with one attached hydrogen (secondary N) is 2. The van der Waals surface area contributed by atoms with Crippen LogP contribution in [0.4, 0.5) is 11.6 Å². The second-order valence-corrected chi connectivity index (χ2v) is 5.78. The summed E-state index contributed by atoms with van der Waals surface area (Å²) in [5.74, 6) is 0.138.